The number of carboxylic acids is 1. The van der Waals surface area contributed by atoms with Crippen molar-refractivity contribution < 1.29 is 14.7 Å². The van der Waals surface area contributed by atoms with Crippen LogP contribution in [0, 0.1) is 0 Å². The number of aliphatic carboxylic acids is 1. The minimum Gasteiger partial charge on any atom is -0.479 e. The van der Waals surface area contributed by atoms with Gasteiger partial charge in [-0.25, -0.2) is 9.48 Å². The molecule has 0 radical (unpaired) electrons. The first-order valence-electron chi connectivity index (χ1n) is 7.77. The number of nitrogens with one attached hydrogen (secondary N) is 2. The van der Waals surface area contributed by atoms with Crippen LogP contribution in [-0.2, 0) is 16.1 Å². The summed E-state index contributed by atoms with van der Waals surface area (Å²) in [6, 6.07) is 6.44. The van der Waals surface area contributed by atoms with Crippen LogP contribution in [0.1, 0.15) is 12.8 Å². The molecule has 25 heavy (non-hydrogen) atoms. The van der Waals surface area contributed by atoms with E-state index in [1.165, 1.54) is 11.8 Å². The highest BCUT2D eigenvalue weighted by Gasteiger charge is 2.43. The van der Waals surface area contributed by atoms with Gasteiger partial charge in [-0.3, -0.25) is 19.5 Å². The Bertz CT molecular complexity index is 943. The predicted octanol–water partition coefficient (Wildman–Crippen LogP) is 0.156. The largest absolute Gasteiger partial charge is 0.479 e. The molecule has 1 aromatic carbocycles. The van der Waals surface area contributed by atoms with Crippen molar-refractivity contribution in [1.29, 1.82) is 0 Å². The number of benzene rings is 1. The van der Waals surface area contributed by atoms with Gasteiger partial charge in [0, 0.05) is 12.2 Å². The second-order valence-electron chi connectivity index (χ2n) is 5.93. The smallest absolute Gasteiger partial charge is 0.330 e. The average Bonchev–Trinajstić information content (AvgIpc) is 3.07. The van der Waals surface area contributed by atoms with Gasteiger partial charge in [0.1, 0.15) is 5.54 Å². The molecule has 3 rings (SSSR count). The third kappa shape index (κ3) is 3.32. The number of amides is 1. The van der Waals surface area contributed by atoms with Crippen LogP contribution < -0.4 is 16.4 Å². The molecular weight excluding hydrogens is 346 g/mol. The Morgan fingerprint density at radius 3 is 2.64 bits per heavy atom. The van der Waals surface area contributed by atoms with Crippen LogP contribution in [0.2, 0.25) is 0 Å². The van der Waals surface area contributed by atoms with Gasteiger partial charge in [0.05, 0.1) is 17.3 Å². The average molecular weight is 363 g/mol. The van der Waals surface area contributed by atoms with E-state index in [1.54, 1.807) is 24.3 Å². The maximum atomic E-state index is 12.4. The summed E-state index contributed by atoms with van der Waals surface area (Å²) in [4.78, 5) is 48.0. The molecule has 1 unspecified atom stereocenters. The molecule has 2 aromatic rings. The molecule has 2 heterocycles. The number of rotatable bonds is 5. The molecule has 3 N–H and O–H groups in total. The van der Waals surface area contributed by atoms with E-state index in [9.17, 15) is 24.3 Å². The van der Waals surface area contributed by atoms with Gasteiger partial charge in [0.15, 0.2) is 0 Å². The molecule has 1 aliphatic rings. The fourth-order valence-corrected chi connectivity index (χ4v) is 4.16. The Morgan fingerprint density at radius 2 is 2.00 bits per heavy atom. The molecule has 1 amide bonds. The van der Waals surface area contributed by atoms with Gasteiger partial charge < -0.3 is 10.4 Å². The lowest BCUT2D eigenvalue weighted by Gasteiger charge is -2.24. The number of aromatic amines is 1. The first-order valence-corrected chi connectivity index (χ1v) is 8.92. The first kappa shape index (κ1) is 17.3. The molecule has 1 fully saturated rings. The van der Waals surface area contributed by atoms with Crippen molar-refractivity contribution >= 4 is 34.4 Å². The Morgan fingerprint density at radius 1 is 1.28 bits per heavy atom. The van der Waals surface area contributed by atoms with Gasteiger partial charge in [0.2, 0.25) is 5.91 Å². The van der Waals surface area contributed by atoms with Gasteiger partial charge >= 0.3 is 5.97 Å². The summed E-state index contributed by atoms with van der Waals surface area (Å²) in [5, 5.41) is 15.0. The highest BCUT2D eigenvalue weighted by Crippen LogP contribution is 2.28. The molecule has 0 spiro atoms. The number of hydrogen-bond donors (Lipinski definition) is 3. The van der Waals surface area contributed by atoms with Crippen molar-refractivity contribution in [2.45, 2.75) is 24.9 Å². The Kier molecular flexibility index (Phi) is 4.67. The molecule has 0 bridgehead atoms. The molecule has 0 aliphatic carbocycles. The van der Waals surface area contributed by atoms with Gasteiger partial charge in [-0.15, -0.1) is 0 Å². The number of aryl methyl sites for hydroxylation is 1. The number of carbonyl (C=O) groups excluding carboxylic acids is 1. The number of hydrogen-bond acceptors (Lipinski definition) is 5. The second kappa shape index (κ2) is 6.75. The first-order chi connectivity index (χ1) is 11.9. The highest BCUT2D eigenvalue weighted by molar-refractivity contribution is 7.99. The third-order valence-electron chi connectivity index (χ3n) is 4.26. The van der Waals surface area contributed by atoms with Crippen LogP contribution in [-0.4, -0.2) is 43.8 Å². The van der Waals surface area contributed by atoms with E-state index in [-0.39, 0.29) is 18.4 Å². The minimum atomic E-state index is -1.25. The van der Waals surface area contributed by atoms with E-state index in [1.807, 2.05) is 0 Å². The molecular formula is C16H17N3O5S. The monoisotopic (exact) mass is 363 g/mol. The molecule has 1 atom stereocenters. The van der Waals surface area contributed by atoms with Crippen molar-refractivity contribution in [2.75, 3.05) is 11.5 Å². The fraction of sp³-hybridized carbons (Fsp3) is 0.375. The number of H-pyrrole nitrogens is 1. The summed E-state index contributed by atoms with van der Waals surface area (Å²) in [7, 11) is 0. The Balaban J connectivity index is 1.76. The molecule has 0 saturated carbocycles. The van der Waals surface area contributed by atoms with Crippen LogP contribution in [0.4, 0.5) is 0 Å². The zero-order chi connectivity index (χ0) is 18.0. The number of carboxylic acid groups (broad SMARTS) is 1. The van der Waals surface area contributed by atoms with E-state index in [2.05, 4.69) is 10.4 Å². The summed E-state index contributed by atoms with van der Waals surface area (Å²) in [5.41, 5.74) is -2.05. The van der Waals surface area contributed by atoms with E-state index >= 15 is 0 Å². The van der Waals surface area contributed by atoms with Crippen LogP contribution in [0.25, 0.3) is 10.8 Å². The van der Waals surface area contributed by atoms with E-state index in [0.717, 1.165) is 4.68 Å². The summed E-state index contributed by atoms with van der Waals surface area (Å²) < 4.78 is 1.08. The molecule has 8 nitrogen and oxygen atoms in total. The topological polar surface area (TPSA) is 121 Å². The van der Waals surface area contributed by atoms with Gasteiger partial charge in [-0.05, 0) is 24.3 Å². The van der Waals surface area contributed by atoms with Crippen molar-refractivity contribution in [2.24, 2.45) is 0 Å². The molecule has 1 aliphatic heterocycles. The van der Waals surface area contributed by atoms with E-state index in [0.29, 0.717) is 23.3 Å². The van der Waals surface area contributed by atoms with E-state index < -0.39 is 28.5 Å². The standard InChI is InChI=1S/C16H17N3O5S/c20-12(17-16(15(23)24)6-8-25-9-16)5-7-19-14(22)11-4-2-1-3-10(11)13(21)18-19/h1-4H,5-9H2,(H,17,20)(H,18,21)(H,23,24). The number of nitrogens with zero attached hydrogens (tertiary/aromatic N) is 1. The maximum Gasteiger partial charge on any atom is 0.330 e. The van der Waals surface area contributed by atoms with Gasteiger partial charge in [-0.2, -0.15) is 11.8 Å². The zero-order valence-corrected chi connectivity index (χ0v) is 14.1. The minimum absolute atomic E-state index is 0.0341. The second-order valence-corrected chi connectivity index (χ2v) is 7.04. The molecule has 1 aromatic heterocycles. The van der Waals surface area contributed by atoms with Crippen molar-refractivity contribution in [3.63, 3.8) is 0 Å². The van der Waals surface area contributed by atoms with Crippen LogP contribution in [0.5, 0.6) is 0 Å². The zero-order valence-electron chi connectivity index (χ0n) is 13.3. The fourth-order valence-electron chi connectivity index (χ4n) is 2.83. The highest BCUT2D eigenvalue weighted by atomic mass is 32.2. The third-order valence-corrected chi connectivity index (χ3v) is 5.45. The molecule has 1 saturated heterocycles. The lowest BCUT2D eigenvalue weighted by Crippen LogP contribution is -2.55. The predicted molar refractivity (Wildman–Crippen MR) is 93.9 cm³/mol. The van der Waals surface area contributed by atoms with Crippen LogP contribution in [0.15, 0.2) is 33.9 Å². The molecule has 132 valence electrons. The van der Waals surface area contributed by atoms with E-state index in [4.69, 9.17) is 0 Å². The SMILES string of the molecule is O=C(CCn1[nH]c(=O)c2ccccc2c1=O)NC1(C(=O)O)CCSC1. The van der Waals surface area contributed by atoms with Crippen molar-refractivity contribution in [1.82, 2.24) is 15.1 Å². The maximum absolute atomic E-state index is 12.4. The quantitative estimate of drug-likeness (QED) is 0.696. The van der Waals surface area contributed by atoms with Crippen molar-refractivity contribution in [3.05, 3.63) is 45.0 Å². The molecule has 9 heteroatoms. The number of carbonyl (C=O) groups is 2. The summed E-state index contributed by atoms with van der Waals surface area (Å²) in [5.74, 6) is -0.529. The lowest BCUT2D eigenvalue weighted by molar-refractivity contribution is -0.146. The number of aromatic nitrogens is 2. The summed E-state index contributed by atoms with van der Waals surface area (Å²) in [6.45, 7) is -0.0341. The number of thioether (sulfide) groups is 1. The van der Waals surface area contributed by atoms with Crippen LogP contribution in [0.3, 0.4) is 0 Å². The normalized spacial score (nSPS) is 19.8. The summed E-state index contributed by atoms with van der Waals surface area (Å²) in [6.07, 6.45) is 0.263. The summed E-state index contributed by atoms with van der Waals surface area (Å²) >= 11 is 1.47. The lowest BCUT2D eigenvalue weighted by atomic mass is 9.99. The Labute approximate surface area is 146 Å². The van der Waals surface area contributed by atoms with Crippen molar-refractivity contribution in [3.8, 4) is 0 Å². The number of fused-ring (bicyclic) bond motifs is 1. The van der Waals surface area contributed by atoms with Gasteiger partial charge in [-0.1, -0.05) is 12.1 Å². The van der Waals surface area contributed by atoms with Crippen LogP contribution >= 0.6 is 11.8 Å². The Hall–Kier alpha value is -2.55. The van der Waals surface area contributed by atoms with Gasteiger partial charge in [0.25, 0.3) is 11.1 Å².